The first-order valence-electron chi connectivity index (χ1n) is 4.84. The van der Waals surface area contributed by atoms with Gasteiger partial charge in [-0.05, 0) is 30.3 Å². The van der Waals surface area contributed by atoms with Gasteiger partial charge in [-0.2, -0.15) is 0 Å². The van der Waals surface area contributed by atoms with Gasteiger partial charge in [0.05, 0.1) is 16.8 Å². The summed E-state index contributed by atoms with van der Waals surface area (Å²) < 4.78 is 19.1. The SMILES string of the molecule is COc1ccc(F)cc1C(Cl)c1ccc(Cl)s1. The van der Waals surface area contributed by atoms with Crippen LogP contribution in [0.25, 0.3) is 0 Å². The first-order chi connectivity index (χ1) is 8.11. The molecule has 1 unspecified atom stereocenters. The van der Waals surface area contributed by atoms with Crippen molar-refractivity contribution in [1.29, 1.82) is 0 Å². The van der Waals surface area contributed by atoms with Gasteiger partial charge in [0, 0.05) is 10.4 Å². The van der Waals surface area contributed by atoms with Crippen LogP contribution in [-0.4, -0.2) is 7.11 Å². The van der Waals surface area contributed by atoms with Crippen LogP contribution in [-0.2, 0) is 0 Å². The molecule has 0 spiro atoms. The number of alkyl halides is 1. The van der Waals surface area contributed by atoms with Crippen LogP contribution in [0.1, 0.15) is 15.8 Å². The van der Waals surface area contributed by atoms with Crippen molar-refractivity contribution in [3.63, 3.8) is 0 Å². The zero-order chi connectivity index (χ0) is 12.4. The van der Waals surface area contributed by atoms with Gasteiger partial charge in [-0.3, -0.25) is 0 Å². The fourth-order valence-corrected chi connectivity index (χ4v) is 2.96. The van der Waals surface area contributed by atoms with Crippen LogP contribution < -0.4 is 4.74 Å². The van der Waals surface area contributed by atoms with Crippen molar-refractivity contribution < 1.29 is 9.13 Å². The Kier molecular flexibility index (Phi) is 3.92. The first-order valence-corrected chi connectivity index (χ1v) is 6.47. The molecule has 0 saturated heterocycles. The van der Waals surface area contributed by atoms with E-state index in [9.17, 15) is 4.39 Å². The highest BCUT2D eigenvalue weighted by Crippen LogP contribution is 2.39. The van der Waals surface area contributed by atoms with Crippen LogP contribution in [0.4, 0.5) is 4.39 Å². The smallest absolute Gasteiger partial charge is 0.124 e. The molecular formula is C12H9Cl2FOS. The molecule has 0 radical (unpaired) electrons. The van der Waals surface area contributed by atoms with Gasteiger partial charge in [-0.1, -0.05) is 11.6 Å². The molecule has 0 saturated carbocycles. The lowest BCUT2D eigenvalue weighted by Gasteiger charge is -2.12. The fourth-order valence-electron chi connectivity index (χ4n) is 1.52. The number of benzene rings is 1. The summed E-state index contributed by atoms with van der Waals surface area (Å²) in [5.41, 5.74) is 0.604. The summed E-state index contributed by atoms with van der Waals surface area (Å²) in [6.45, 7) is 0. The second-order valence-electron chi connectivity index (χ2n) is 3.39. The minimum Gasteiger partial charge on any atom is -0.496 e. The quantitative estimate of drug-likeness (QED) is 0.732. The van der Waals surface area contributed by atoms with Gasteiger partial charge in [-0.25, -0.2) is 4.39 Å². The van der Waals surface area contributed by atoms with E-state index in [4.69, 9.17) is 27.9 Å². The molecule has 0 aliphatic rings. The van der Waals surface area contributed by atoms with Gasteiger partial charge < -0.3 is 4.74 Å². The summed E-state index contributed by atoms with van der Waals surface area (Å²) in [6, 6.07) is 7.88. The lowest BCUT2D eigenvalue weighted by atomic mass is 10.1. The predicted octanol–water partition coefficient (Wildman–Crippen LogP) is 4.88. The second kappa shape index (κ2) is 5.25. The van der Waals surface area contributed by atoms with Crippen molar-refractivity contribution in [2.45, 2.75) is 5.38 Å². The van der Waals surface area contributed by atoms with E-state index in [1.807, 2.05) is 6.07 Å². The summed E-state index contributed by atoms with van der Waals surface area (Å²) in [6.07, 6.45) is 0. The van der Waals surface area contributed by atoms with Crippen LogP contribution in [0.15, 0.2) is 30.3 Å². The monoisotopic (exact) mass is 290 g/mol. The summed E-state index contributed by atoms with van der Waals surface area (Å²) in [5.74, 6) is 0.227. The molecule has 2 aromatic rings. The molecule has 2 rings (SSSR count). The lowest BCUT2D eigenvalue weighted by molar-refractivity contribution is 0.409. The van der Waals surface area contributed by atoms with E-state index in [1.54, 1.807) is 12.1 Å². The third kappa shape index (κ3) is 2.73. The molecule has 0 N–H and O–H groups in total. The highest BCUT2D eigenvalue weighted by atomic mass is 35.5. The molecule has 1 atom stereocenters. The zero-order valence-electron chi connectivity index (χ0n) is 8.91. The number of thiophene rings is 1. The maximum absolute atomic E-state index is 13.2. The van der Waals surface area contributed by atoms with Gasteiger partial charge in [0.2, 0.25) is 0 Å². The molecule has 1 aromatic heterocycles. The number of halogens is 3. The molecule has 0 fully saturated rings. The summed E-state index contributed by atoms with van der Waals surface area (Å²) >= 11 is 13.5. The van der Waals surface area contributed by atoms with Crippen molar-refractivity contribution in [1.82, 2.24) is 0 Å². The summed E-state index contributed by atoms with van der Waals surface area (Å²) in [7, 11) is 1.53. The first kappa shape index (κ1) is 12.7. The normalized spacial score (nSPS) is 12.5. The third-order valence-corrected chi connectivity index (χ3v) is 4.20. The molecule has 17 heavy (non-hydrogen) atoms. The largest absolute Gasteiger partial charge is 0.496 e. The minimum atomic E-state index is -0.460. The Hall–Kier alpha value is -0.770. The topological polar surface area (TPSA) is 9.23 Å². The maximum Gasteiger partial charge on any atom is 0.124 e. The van der Waals surface area contributed by atoms with Gasteiger partial charge in [-0.15, -0.1) is 22.9 Å². The molecule has 0 aliphatic carbocycles. The van der Waals surface area contributed by atoms with E-state index < -0.39 is 5.38 Å². The molecule has 1 heterocycles. The van der Waals surface area contributed by atoms with Gasteiger partial charge in [0.25, 0.3) is 0 Å². The molecule has 5 heteroatoms. The maximum atomic E-state index is 13.2. The van der Waals surface area contributed by atoms with Gasteiger partial charge in [0.15, 0.2) is 0 Å². The zero-order valence-corrected chi connectivity index (χ0v) is 11.2. The fraction of sp³-hybridized carbons (Fsp3) is 0.167. The van der Waals surface area contributed by atoms with E-state index in [1.165, 1.54) is 30.6 Å². The number of hydrogen-bond donors (Lipinski definition) is 0. The van der Waals surface area contributed by atoms with E-state index in [0.29, 0.717) is 15.6 Å². The summed E-state index contributed by atoms with van der Waals surface area (Å²) in [5, 5.41) is -0.460. The third-order valence-electron chi connectivity index (χ3n) is 2.31. The summed E-state index contributed by atoms with van der Waals surface area (Å²) in [4.78, 5) is 0.862. The lowest BCUT2D eigenvalue weighted by Crippen LogP contribution is -1.96. The second-order valence-corrected chi connectivity index (χ2v) is 5.57. The average molecular weight is 291 g/mol. The molecule has 0 amide bonds. The average Bonchev–Trinajstić information content (AvgIpc) is 2.75. The van der Waals surface area contributed by atoms with Gasteiger partial charge in [0.1, 0.15) is 11.6 Å². The van der Waals surface area contributed by atoms with Gasteiger partial charge >= 0.3 is 0 Å². The number of rotatable bonds is 3. The Morgan fingerprint density at radius 3 is 2.65 bits per heavy atom. The molecular weight excluding hydrogens is 282 g/mol. The predicted molar refractivity (Wildman–Crippen MR) is 70.0 cm³/mol. The molecule has 0 aliphatic heterocycles. The number of hydrogen-bond acceptors (Lipinski definition) is 2. The van der Waals surface area contributed by atoms with Crippen molar-refractivity contribution in [3.8, 4) is 5.75 Å². The Bertz CT molecular complexity index is 527. The van der Waals surface area contributed by atoms with Crippen LogP contribution in [0.2, 0.25) is 4.34 Å². The Morgan fingerprint density at radius 2 is 2.06 bits per heavy atom. The Labute approximate surface area is 113 Å². The number of methoxy groups -OCH3 is 1. The molecule has 1 aromatic carbocycles. The van der Waals surface area contributed by atoms with Crippen molar-refractivity contribution in [3.05, 3.63) is 50.9 Å². The highest BCUT2D eigenvalue weighted by Gasteiger charge is 2.18. The van der Waals surface area contributed by atoms with E-state index in [2.05, 4.69) is 0 Å². The standard InChI is InChI=1S/C12H9Cl2FOS/c1-16-9-3-2-7(15)6-8(9)12(14)10-4-5-11(13)17-10/h2-6,12H,1H3. The number of ether oxygens (including phenoxy) is 1. The van der Waals surface area contributed by atoms with Crippen molar-refractivity contribution in [2.24, 2.45) is 0 Å². The van der Waals surface area contributed by atoms with E-state index >= 15 is 0 Å². The van der Waals surface area contributed by atoms with E-state index in [-0.39, 0.29) is 5.82 Å². The van der Waals surface area contributed by atoms with Crippen LogP contribution in [0.3, 0.4) is 0 Å². The van der Waals surface area contributed by atoms with Crippen LogP contribution >= 0.6 is 34.5 Å². The minimum absolute atomic E-state index is 0.339. The van der Waals surface area contributed by atoms with Crippen LogP contribution in [0.5, 0.6) is 5.75 Å². The molecule has 0 bridgehead atoms. The molecule has 1 nitrogen and oxygen atoms in total. The van der Waals surface area contributed by atoms with Crippen LogP contribution in [0, 0.1) is 5.82 Å². The highest BCUT2D eigenvalue weighted by molar-refractivity contribution is 7.16. The Balaban J connectivity index is 2.42. The van der Waals surface area contributed by atoms with Crippen molar-refractivity contribution in [2.75, 3.05) is 7.11 Å². The van der Waals surface area contributed by atoms with E-state index in [0.717, 1.165) is 4.88 Å². The molecule has 90 valence electrons. The van der Waals surface area contributed by atoms with Crippen molar-refractivity contribution >= 4 is 34.5 Å². The Morgan fingerprint density at radius 1 is 1.29 bits per heavy atom.